The van der Waals surface area contributed by atoms with E-state index < -0.39 is 0 Å². The summed E-state index contributed by atoms with van der Waals surface area (Å²) in [5.74, 6) is 1.34. The van der Waals surface area contributed by atoms with Crippen molar-refractivity contribution in [3.05, 3.63) is 0 Å². The Balaban J connectivity index is 1.19. The third-order valence-electron chi connectivity index (χ3n) is 6.94. The van der Waals surface area contributed by atoms with Crippen LogP contribution in [0.2, 0.25) is 0 Å². The molecule has 0 bridgehead atoms. The summed E-state index contributed by atoms with van der Waals surface area (Å²) in [6, 6.07) is 0.554. The summed E-state index contributed by atoms with van der Waals surface area (Å²) in [6.45, 7) is 12.0. The number of hydrogen-bond donors (Lipinski definition) is 2. The number of amides is 3. The predicted molar refractivity (Wildman–Crippen MR) is 130 cm³/mol. The van der Waals surface area contributed by atoms with Crippen molar-refractivity contribution in [1.82, 2.24) is 20.4 Å². The van der Waals surface area contributed by atoms with Crippen LogP contribution in [0.5, 0.6) is 0 Å². The van der Waals surface area contributed by atoms with Crippen LogP contribution < -0.4 is 10.6 Å². The van der Waals surface area contributed by atoms with Crippen LogP contribution in [0.1, 0.15) is 78.6 Å². The van der Waals surface area contributed by atoms with Gasteiger partial charge in [-0.1, -0.05) is 46.5 Å². The van der Waals surface area contributed by atoms with Crippen molar-refractivity contribution >= 4 is 23.7 Å². The first-order chi connectivity index (χ1) is 14.8. The minimum absolute atomic E-state index is 0.0184. The Hall–Kier alpha value is -0.950. The third-order valence-corrected chi connectivity index (χ3v) is 8.45. The van der Waals surface area contributed by atoms with Gasteiger partial charge in [-0.25, -0.2) is 4.79 Å². The Bertz CT molecular complexity index is 587. The molecule has 7 heteroatoms. The Labute approximate surface area is 193 Å². The second-order valence-corrected chi connectivity index (χ2v) is 12.1. The summed E-state index contributed by atoms with van der Waals surface area (Å²) in [6.07, 6.45) is 10.4. The number of carbonyl (C=O) groups excluding carboxylic acids is 2. The third kappa shape index (κ3) is 8.16. The van der Waals surface area contributed by atoms with Gasteiger partial charge in [0.25, 0.3) is 0 Å². The van der Waals surface area contributed by atoms with Gasteiger partial charge in [0.05, 0.1) is 12.1 Å². The van der Waals surface area contributed by atoms with Crippen LogP contribution in [-0.4, -0.2) is 77.5 Å². The number of unbranched alkanes of at least 4 members (excludes halogenated alkanes) is 4. The monoisotopic (exact) mass is 452 g/mol. The Morgan fingerprint density at radius 3 is 2.48 bits per heavy atom. The number of piperazine rings is 1. The molecule has 3 rings (SSSR count). The topological polar surface area (TPSA) is 64.7 Å². The molecule has 0 saturated carbocycles. The number of urea groups is 1. The first-order valence-electron chi connectivity index (χ1n) is 12.5. The first-order valence-corrected chi connectivity index (χ1v) is 13.6. The fraction of sp³-hybridized carbons (Fsp3) is 0.917. The lowest BCUT2D eigenvalue weighted by molar-refractivity contribution is -0.133. The van der Waals surface area contributed by atoms with Crippen molar-refractivity contribution in [1.29, 1.82) is 0 Å². The lowest BCUT2D eigenvalue weighted by atomic mass is 9.89. The van der Waals surface area contributed by atoms with Gasteiger partial charge in [0.15, 0.2) is 0 Å². The summed E-state index contributed by atoms with van der Waals surface area (Å²) >= 11 is 1.96. The molecule has 3 unspecified atom stereocenters. The van der Waals surface area contributed by atoms with E-state index in [2.05, 4.69) is 41.2 Å². The SMILES string of the molecule is CC(C)(C)CCCCCCN1CCN(C(=O)CCCCC2SCC3NC(=O)NC32)CC1. The Morgan fingerprint density at radius 2 is 1.74 bits per heavy atom. The van der Waals surface area contributed by atoms with E-state index in [9.17, 15) is 9.59 Å². The molecule has 6 nitrogen and oxygen atoms in total. The van der Waals surface area contributed by atoms with Gasteiger partial charge < -0.3 is 15.5 Å². The van der Waals surface area contributed by atoms with E-state index in [-0.39, 0.29) is 12.1 Å². The highest BCUT2D eigenvalue weighted by atomic mass is 32.2. The van der Waals surface area contributed by atoms with Gasteiger partial charge in [0, 0.05) is 43.6 Å². The van der Waals surface area contributed by atoms with Gasteiger partial charge in [-0.3, -0.25) is 9.69 Å². The largest absolute Gasteiger partial charge is 0.340 e. The summed E-state index contributed by atoms with van der Waals surface area (Å²) in [4.78, 5) is 28.6. The molecule has 0 radical (unpaired) electrons. The van der Waals surface area contributed by atoms with Crippen LogP contribution in [0.3, 0.4) is 0 Å². The molecule has 3 amide bonds. The zero-order chi connectivity index (χ0) is 22.3. The number of carbonyl (C=O) groups is 2. The molecule has 3 fully saturated rings. The molecular weight excluding hydrogens is 408 g/mol. The zero-order valence-electron chi connectivity index (χ0n) is 20.0. The summed E-state index contributed by atoms with van der Waals surface area (Å²) in [5.41, 5.74) is 0.465. The van der Waals surface area contributed by atoms with E-state index in [4.69, 9.17) is 0 Å². The number of nitrogens with one attached hydrogen (secondary N) is 2. The molecule has 2 N–H and O–H groups in total. The van der Waals surface area contributed by atoms with E-state index >= 15 is 0 Å². The van der Waals surface area contributed by atoms with Crippen molar-refractivity contribution in [3.8, 4) is 0 Å². The minimum Gasteiger partial charge on any atom is -0.340 e. The maximum absolute atomic E-state index is 12.6. The Kier molecular flexibility index (Phi) is 9.38. The van der Waals surface area contributed by atoms with Gasteiger partial charge in [0.2, 0.25) is 5.91 Å². The summed E-state index contributed by atoms with van der Waals surface area (Å²) in [7, 11) is 0. The maximum atomic E-state index is 12.6. The lowest BCUT2D eigenvalue weighted by Gasteiger charge is -2.35. The molecule has 178 valence electrons. The van der Waals surface area contributed by atoms with Crippen molar-refractivity contribution in [2.24, 2.45) is 5.41 Å². The summed E-state index contributed by atoms with van der Waals surface area (Å²) < 4.78 is 0. The van der Waals surface area contributed by atoms with Crippen molar-refractivity contribution in [3.63, 3.8) is 0 Å². The highest BCUT2D eigenvalue weighted by Crippen LogP contribution is 2.33. The van der Waals surface area contributed by atoms with Gasteiger partial charge >= 0.3 is 6.03 Å². The van der Waals surface area contributed by atoms with Gasteiger partial charge in [-0.2, -0.15) is 11.8 Å². The van der Waals surface area contributed by atoms with Gasteiger partial charge in [0.1, 0.15) is 0 Å². The molecule has 3 aliphatic rings. The van der Waals surface area contributed by atoms with E-state index in [1.807, 2.05) is 11.8 Å². The standard InChI is InChI=1S/C24H44N4O2S/c1-24(2,3)12-8-4-5-9-13-27-14-16-28(17-15-27)21(29)11-7-6-10-20-22-19(18-31-20)25-23(30)26-22/h19-20,22H,4-18H2,1-3H3,(H2,25,26,30). The van der Waals surface area contributed by atoms with Crippen LogP contribution in [-0.2, 0) is 4.79 Å². The van der Waals surface area contributed by atoms with Crippen LogP contribution in [0, 0.1) is 5.41 Å². The van der Waals surface area contributed by atoms with Gasteiger partial charge in [-0.15, -0.1) is 0 Å². The average Bonchev–Trinajstić information content (AvgIpc) is 3.26. The number of fused-ring (bicyclic) bond motifs is 1. The predicted octanol–water partition coefficient (Wildman–Crippen LogP) is 3.85. The smallest absolute Gasteiger partial charge is 0.315 e. The lowest BCUT2D eigenvalue weighted by Crippen LogP contribution is -2.48. The van der Waals surface area contributed by atoms with Crippen molar-refractivity contribution < 1.29 is 9.59 Å². The molecule has 3 saturated heterocycles. The molecule has 31 heavy (non-hydrogen) atoms. The molecule has 0 aromatic rings. The minimum atomic E-state index is -0.0184. The Morgan fingerprint density at radius 1 is 1.00 bits per heavy atom. The highest BCUT2D eigenvalue weighted by molar-refractivity contribution is 8.00. The molecule has 0 spiro atoms. The molecule has 3 atom stereocenters. The fourth-order valence-electron chi connectivity index (χ4n) is 4.99. The van der Waals surface area contributed by atoms with Crippen LogP contribution in [0.15, 0.2) is 0 Å². The molecule has 3 aliphatic heterocycles. The van der Waals surface area contributed by atoms with Crippen LogP contribution >= 0.6 is 11.8 Å². The van der Waals surface area contributed by atoms with Gasteiger partial charge in [-0.05, 0) is 37.6 Å². The number of rotatable bonds is 11. The van der Waals surface area contributed by atoms with E-state index in [1.165, 1.54) is 38.6 Å². The maximum Gasteiger partial charge on any atom is 0.315 e. The molecule has 0 aromatic heterocycles. The van der Waals surface area contributed by atoms with Crippen LogP contribution in [0.25, 0.3) is 0 Å². The van der Waals surface area contributed by atoms with Crippen molar-refractivity contribution in [2.45, 2.75) is 95.9 Å². The molecule has 3 heterocycles. The van der Waals surface area contributed by atoms with Crippen molar-refractivity contribution in [2.75, 3.05) is 38.5 Å². The van der Waals surface area contributed by atoms with Crippen LogP contribution in [0.4, 0.5) is 4.79 Å². The second-order valence-electron chi connectivity index (χ2n) is 10.8. The fourth-order valence-corrected chi connectivity index (χ4v) is 6.53. The highest BCUT2D eigenvalue weighted by Gasteiger charge is 2.42. The van der Waals surface area contributed by atoms with E-state index in [0.717, 1.165) is 51.2 Å². The number of hydrogen-bond acceptors (Lipinski definition) is 4. The molecular formula is C24H44N4O2S. The van der Waals surface area contributed by atoms with E-state index in [1.54, 1.807) is 0 Å². The number of nitrogens with zero attached hydrogens (tertiary/aromatic N) is 2. The summed E-state index contributed by atoms with van der Waals surface area (Å²) in [5, 5.41) is 6.54. The first kappa shape index (κ1) is 24.7. The molecule has 0 aliphatic carbocycles. The second kappa shape index (κ2) is 11.8. The van der Waals surface area contributed by atoms with E-state index in [0.29, 0.717) is 29.0 Å². The quantitative estimate of drug-likeness (QED) is 0.369. The zero-order valence-corrected chi connectivity index (χ0v) is 20.8. The average molecular weight is 453 g/mol. The number of thioether (sulfide) groups is 1. The normalized spacial score (nSPS) is 26.6. The molecule has 0 aromatic carbocycles.